The molecule has 0 aliphatic carbocycles. The predicted octanol–water partition coefficient (Wildman–Crippen LogP) is 3.02. The van der Waals surface area contributed by atoms with Crippen molar-refractivity contribution in [3.8, 4) is 0 Å². The Labute approximate surface area is 110 Å². The van der Waals surface area contributed by atoms with Crippen LogP contribution in [0.25, 0.3) is 23.0 Å². The van der Waals surface area contributed by atoms with Gasteiger partial charge < -0.3 is 0 Å². The Bertz CT molecular complexity index is 788. The molecule has 0 unspecified atom stereocenters. The average molecular weight is 248 g/mol. The fraction of sp³-hybridized carbons (Fsp3) is 0. The van der Waals surface area contributed by atoms with Crippen LogP contribution in [0.5, 0.6) is 0 Å². The van der Waals surface area contributed by atoms with E-state index in [-0.39, 0.29) is 5.56 Å². The Hall–Kier alpha value is -2.68. The van der Waals surface area contributed by atoms with Crippen LogP contribution in [0.1, 0.15) is 5.56 Å². The molecule has 0 saturated heterocycles. The third-order valence-corrected chi connectivity index (χ3v) is 2.93. The first-order chi connectivity index (χ1) is 9.34. The quantitative estimate of drug-likeness (QED) is 0.698. The lowest BCUT2D eigenvalue weighted by Crippen LogP contribution is -2.17. The number of hydrogen-bond donors (Lipinski definition) is 0. The lowest BCUT2D eigenvalue weighted by molar-refractivity contribution is 0.871. The standard InChI is InChI=1S/C16H12N2O/c19-16-15-9-5-4-8-14(15)12-17-18(16)11-10-13-6-2-1-3-7-13/h1-12H/b11-10+. The van der Waals surface area contributed by atoms with E-state index in [9.17, 15) is 4.79 Å². The van der Waals surface area contributed by atoms with Crippen molar-refractivity contribution >= 4 is 23.0 Å². The molecule has 1 heterocycles. The molecular formula is C16H12N2O. The molecule has 3 rings (SSSR count). The van der Waals surface area contributed by atoms with E-state index in [1.807, 2.05) is 60.7 Å². The molecule has 92 valence electrons. The molecule has 3 aromatic rings. The van der Waals surface area contributed by atoms with Gasteiger partial charge >= 0.3 is 0 Å². The minimum absolute atomic E-state index is 0.106. The number of aromatic nitrogens is 2. The minimum Gasteiger partial charge on any atom is -0.267 e. The molecule has 0 aliphatic rings. The molecule has 19 heavy (non-hydrogen) atoms. The number of nitrogens with zero attached hydrogens (tertiary/aromatic N) is 2. The summed E-state index contributed by atoms with van der Waals surface area (Å²) < 4.78 is 1.36. The van der Waals surface area contributed by atoms with Gasteiger partial charge in [0.25, 0.3) is 5.56 Å². The van der Waals surface area contributed by atoms with Crippen LogP contribution in [0.15, 0.2) is 65.6 Å². The fourth-order valence-electron chi connectivity index (χ4n) is 1.93. The number of benzene rings is 2. The first-order valence-electron chi connectivity index (χ1n) is 6.04. The van der Waals surface area contributed by atoms with Gasteiger partial charge in [-0.3, -0.25) is 4.79 Å². The molecule has 0 N–H and O–H groups in total. The molecule has 3 heteroatoms. The summed E-state index contributed by atoms with van der Waals surface area (Å²) in [6.07, 6.45) is 5.25. The Morgan fingerprint density at radius 2 is 1.68 bits per heavy atom. The maximum Gasteiger partial charge on any atom is 0.278 e. The largest absolute Gasteiger partial charge is 0.278 e. The van der Waals surface area contributed by atoms with E-state index in [0.29, 0.717) is 5.39 Å². The molecule has 0 bridgehead atoms. The average Bonchev–Trinajstić information content (AvgIpc) is 2.48. The summed E-state index contributed by atoms with van der Waals surface area (Å²) >= 11 is 0. The zero-order chi connectivity index (χ0) is 13.1. The van der Waals surface area contributed by atoms with Crippen molar-refractivity contribution in [2.45, 2.75) is 0 Å². The SMILES string of the molecule is O=c1c2ccccc2cnn1/C=C/c1ccccc1. The van der Waals surface area contributed by atoms with E-state index in [4.69, 9.17) is 0 Å². The van der Waals surface area contributed by atoms with E-state index < -0.39 is 0 Å². The van der Waals surface area contributed by atoms with Crippen LogP contribution in [-0.4, -0.2) is 9.78 Å². The van der Waals surface area contributed by atoms with Crippen LogP contribution in [0.3, 0.4) is 0 Å². The summed E-state index contributed by atoms with van der Waals surface area (Å²) in [6, 6.07) is 17.3. The zero-order valence-corrected chi connectivity index (χ0v) is 10.2. The number of rotatable bonds is 2. The topological polar surface area (TPSA) is 34.9 Å². The number of fused-ring (bicyclic) bond motifs is 1. The van der Waals surface area contributed by atoms with Gasteiger partial charge in [-0.15, -0.1) is 0 Å². The van der Waals surface area contributed by atoms with Crippen molar-refractivity contribution in [2.75, 3.05) is 0 Å². The first-order valence-corrected chi connectivity index (χ1v) is 6.04. The van der Waals surface area contributed by atoms with Gasteiger partial charge in [0.1, 0.15) is 0 Å². The van der Waals surface area contributed by atoms with Gasteiger partial charge in [0.15, 0.2) is 0 Å². The van der Waals surface area contributed by atoms with Crippen LogP contribution in [0, 0.1) is 0 Å². The number of hydrogen-bond acceptors (Lipinski definition) is 2. The zero-order valence-electron chi connectivity index (χ0n) is 10.2. The molecule has 0 fully saturated rings. The van der Waals surface area contributed by atoms with Gasteiger partial charge in [-0.1, -0.05) is 48.5 Å². The van der Waals surface area contributed by atoms with Gasteiger partial charge in [-0.2, -0.15) is 5.10 Å². The van der Waals surface area contributed by atoms with Gasteiger partial charge in [0, 0.05) is 11.6 Å². The van der Waals surface area contributed by atoms with E-state index >= 15 is 0 Å². The van der Waals surface area contributed by atoms with Crippen molar-refractivity contribution in [1.29, 1.82) is 0 Å². The van der Waals surface area contributed by atoms with Crippen LogP contribution in [-0.2, 0) is 0 Å². The second-order valence-corrected chi connectivity index (χ2v) is 4.21. The second-order valence-electron chi connectivity index (χ2n) is 4.21. The van der Waals surface area contributed by atoms with Crippen molar-refractivity contribution < 1.29 is 0 Å². The Balaban J connectivity index is 2.05. The summed E-state index contributed by atoms with van der Waals surface area (Å²) in [5, 5.41) is 5.67. The Morgan fingerprint density at radius 3 is 2.53 bits per heavy atom. The van der Waals surface area contributed by atoms with Crippen LogP contribution < -0.4 is 5.56 Å². The molecule has 0 atom stereocenters. The molecule has 0 aliphatic heterocycles. The van der Waals surface area contributed by atoms with Crippen molar-refractivity contribution in [1.82, 2.24) is 9.78 Å². The predicted molar refractivity (Wildman–Crippen MR) is 77.7 cm³/mol. The van der Waals surface area contributed by atoms with Crippen LogP contribution in [0.4, 0.5) is 0 Å². The highest BCUT2D eigenvalue weighted by Crippen LogP contribution is 2.07. The Kier molecular flexibility index (Phi) is 2.94. The highest BCUT2D eigenvalue weighted by molar-refractivity contribution is 5.80. The highest BCUT2D eigenvalue weighted by atomic mass is 16.1. The summed E-state index contributed by atoms with van der Waals surface area (Å²) in [6.45, 7) is 0. The van der Waals surface area contributed by atoms with Gasteiger partial charge in [0.2, 0.25) is 0 Å². The lowest BCUT2D eigenvalue weighted by Gasteiger charge is -2.00. The second kappa shape index (κ2) is 4.90. The first kappa shape index (κ1) is 11.4. The molecule has 0 saturated carbocycles. The maximum atomic E-state index is 12.2. The molecule has 0 amide bonds. The molecular weight excluding hydrogens is 236 g/mol. The molecule has 3 nitrogen and oxygen atoms in total. The normalized spacial score (nSPS) is 11.2. The van der Waals surface area contributed by atoms with Gasteiger partial charge in [0.05, 0.1) is 11.6 Å². The summed E-state index contributed by atoms with van der Waals surface area (Å²) in [5.74, 6) is 0. The smallest absolute Gasteiger partial charge is 0.267 e. The van der Waals surface area contributed by atoms with E-state index in [1.54, 1.807) is 12.4 Å². The van der Waals surface area contributed by atoms with Crippen LogP contribution >= 0.6 is 0 Å². The molecule has 0 spiro atoms. The third-order valence-electron chi connectivity index (χ3n) is 2.93. The maximum absolute atomic E-state index is 12.2. The van der Waals surface area contributed by atoms with E-state index in [1.165, 1.54) is 4.68 Å². The van der Waals surface area contributed by atoms with Gasteiger partial charge in [-0.25, -0.2) is 4.68 Å². The van der Waals surface area contributed by atoms with E-state index in [0.717, 1.165) is 10.9 Å². The minimum atomic E-state index is -0.106. The summed E-state index contributed by atoms with van der Waals surface area (Å²) in [4.78, 5) is 12.2. The van der Waals surface area contributed by atoms with E-state index in [2.05, 4.69) is 5.10 Å². The Morgan fingerprint density at radius 1 is 0.947 bits per heavy atom. The lowest BCUT2D eigenvalue weighted by atomic mass is 10.2. The van der Waals surface area contributed by atoms with Crippen LogP contribution in [0.2, 0.25) is 0 Å². The van der Waals surface area contributed by atoms with Crippen molar-refractivity contribution in [3.05, 3.63) is 76.7 Å². The fourth-order valence-corrected chi connectivity index (χ4v) is 1.93. The third kappa shape index (κ3) is 2.31. The van der Waals surface area contributed by atoms with Crippen molar-refractivity contribution in [3.63, 3.8) is 0 Å². The monoisotopic (exact) mass is 248 g/mol. The summed E-state index contributed by atoms with van der Waals surface area (Å²) in [5.41, 5.74) is 0.926. The molecule has 2 aromatic carbocycles. The molecule has 1 aromatic heterocycles. The highest BCUT2D eigenvalue weighted by Gasteiger charge is 2.00. The van der Waals surface area contributed by atoms with Crippen molar-refractivity contribution in [2.24, 2.45) is 0 Å². The molecule has 0 radical (unpaired) electrons. The van der Waals surface area contributed by atoms with Gasteiger partial charge in [-0.05, 0) is 17.7 Å². The summed E-state index contributed by atoms with van der Waals surface area (Å²) in [7, 11) is 0.